The maximum atomic E-state index is 12.4. The van der Waals surface area contributed by atoms with Gasteiger partial charge in [0.25, 0.3) is 0 Å². The lowest BCUT2D eigenvalue weighted by molar-refractivity contribution is 0.0520. The smallest absolute Gasteiger partial charge is 0.359 e. The Hall–Kier alpha value is -1.83. The second kappa shape index (κ2) is 17.6. The van der Waals surface area contributed by atoms with E-state index in [1.165, 1.54) is 95.2 Å². The number of aromatic nitrogens is 4. The third-order valence-corrected chi connectivity index (χ3v) is 6.80. The van der Waals surface area contributed by atoms with Crippen molar-refractivity contribution in [3.8, 4) is 5.88 Å². The van der Waals surface area contributed by atoms with Gasteiger partial charge >= 0.3 is 5.97 Å². The first-order valence-corrected chi connectivity index (χ1v) is 14.9. The number of nitrogens with zero attached hydrogens (tertiary/aromatic N) is 4. The summed E-state index contributed by atoms with van der Waals surface area (Å²) in [5, 5.41) is 4.95. The summed E-state index contributed by atoms with van der Waals surface area (Å²) in [5.41, 5.74) is 1.18. The van der Waals surface area contributed by atoms with Gasteiger partial charge in [-0.3, -0.25) is 0 Å². The molecule has 7 nitrogen and oxygen atoms in total. The maximum Gasteiger partial charge on any atom is 0.359 e. The predicted molar refractivity (Wildman–Crippen MR) is 144 cm³/mol. The number of rotatable bonds is 20. The quantitative estimate of drug-likeness (QED) is 0.0795. The Bertz CT molecular complexity index is 872. The zero-order valence-corrected chi connectivity index (χ0v) is 23.3. The van der Waals surface area contributed by atoms with Crippen LogP contribution in [0.15, 0.2) is 5.16 Å². The number of carbonyl (C=O) groups is 1. The van der Waals surface area contributed by atoms with Crippen LogP contribution >= 0.6 is 11.8 Å². The van der Waals surface area contributed by atoms with Crippen molar-refractivity contribution in [3.63, 3.8) is 0 Å². The van der Waals surface area contributed by atoms with Gasteiger partial charge in [-0.1, -0.05) is 109 Å². The molecule has 0 aliphatic carbocycles. The van der Waals surface area contributed by atoms with Crippen LogP contribution in [0.25, 0.3) is 11.0 Å². The second-order valence-electron chi connectivity index (χ2n) is 9.20. The van der Waals surface area contributed by atoms with Gasteiger partial charge in [-0.2, -0.15) is 5.10 Å². The lowest BCUT2D eigenvalue weighted by Gasteiger charge is -2.07. The fraction of sp³-hybridized carbons (Fsp3) is 0.778. The minimum Gasteiger partial charge on any atom is -0.476 e. The second-order valence-corrected chi connectivity index (χ2v) is 9.98. The Morgan fingerprint density at radius 1 is 0.800 bits per heavy atom. The first-order valence-electron chi connectivity index (χ1n) is 13.7. The summed E-state index contributed by atoms with van der Waals surface area (Å²) < 4.78 is 12.8. The van der Waals surface area contributed by atoms with Crippen LogP contribution in [-0.2, 0) is 11.8 Å². The standard InChI is InChI=1S/C27H46N4O3S/c1-5-7-8-9-10-11-12-13-14-15-16-17-18-19-20-21-34-25-23-22(30-31(25)3)24(26(32)33-6-2)29-27(28-23)35-4/h5-21H2,1-4H3. The first kappa shape index (κ1) is 29.4. The Morgan fingerprint density at radius 3 is 1.86 bits per heavy atom. The molecule has 0 amide bonds. The average molecular weight is 507 g/mol. The number of ether oxygens (including phenoxy) is 2. The third-order valence-electron chi connectivity index (χ3n) is 6.25. The van der Waals surface area contributed by atoms with E-state index in [1.54, 1.807) is 18.7 Å². The SMILES string of the molecule is CCCCCCCCCCCCCCCCCOc1c2nc(SC)nc(C(=O)OCC)c2nn1C. The molecular formula is C27H46N4O3S. The van der Waals surface area contributed by atoms with Crippen LogP contribution in [0.2, 0.25) is 0 Å². The molecule has 198 valence electrons. The van der Waals surface area contributed by atoms with E-state index in [-0.39, 0.29) is 12.3 Å². The Labute approximate surface area is 216 Å². The number of carbonyl (C=O) groups excluding carboxylic acids is 1. The number of fused-ring (bicyclic) bond motifs is 1. The van der Waals surface area contributed by atoms with Gasteiger partial charge < -0.3 is 9.47 Å². The zero-order chi connectivity index (χ0) is 25.3. The van der Waals surface area contributed by atoms with Crippen molar-refractivity contribution < 1.29 is 14.3 Å². The van der Waals surface area contributed by atoms with Gasteiger partial charge in [-0.15, -0.1) is 0 Å². The molecule has 35 heavy (non-hydrogen) atoms. The molecule has 2 aromatic rings. The van der Waals surface area contributed by atoms with E-state index < -0.39 is 5.97 Å². The van der Waals surface area contributed by atoms with Crippen molar-refractivity contribution in [3.05, 3.63) is 5.69 Å². The fourth-order valence-corrected chi connectivity index (χ4v) is 4.63. The van der Waals surface area contributed by atoms with E-state index in [9.17, 15) is 4.79 Å². The molecule has 2 heterocycles. The van der Waals surface area contributed by atoms with Crippen molar-refractivity contribution in [2.75, 3.05) is 19.5 Å². The normalized spacial score (nSPS) is 11.3. The van der Waals surface area contributed by atoms with Crippen LogP contribution in [0, 0.1) is 0 Å². The lowest BCUT2D eigenvalue weighted by Crippen LogP contribution is -2.09. The highest BCUT2D eigenvalue weighted by atomic mass is 32.2. The zero-order valence-electron chi connectivity index (χ0n) is 22.4. The summed E-state index contributed by atoms with van der Waals surface area (Å²) >= 11 is 1.38. The summed E-state index contributed by atoms with van der Waals surface area (Å²) in [4.78, 5) is 21.2. The molecule has 0 spiro atoms. The van der Waals surface area contributed by atoms with Crippen molar-refractivity contribution in [2.45, 2.75) is 115 Å². The van der Waals surface area contributed by atoms with E-state index in [4.69, 9.17) is 9.47 Å². The molecule has 0 N–H and O–H groups in total. The van der Waals surface area contributed by atoms with Gasteiger partial charge in [0.15, 0.2) is 16.4 Å². The van der Waals surface area contributed by atoms with E-state index in [0.717, 1.165) is 12.8 Å². The molecule has 0 unspecified atom stereocenters. The molecule has 0 aliphatic heterocycles. The molecular weight excluding hydrogens is 460 g/mol. The average Bonchev–Trinajstić information content (AvgIpc) is 3.18. The number of hydrogen-bond acceptors (Lipinski definition) is 7. The molecule has 0 saturated carbocycles. The van der Waals surface area contributed by atoms with E-state index in [0.29, 0.717) is 28.7 Å². The number of aryl methyl sites for hydroxylation is 1. The molecule has 0 aliphatic rings. The van der Waals surface area contributed by atoms with Crippen LogP contribution in [0.4, 0.5) is 0 Å². The summed E-state index contributed by atoms with van der Waals surface area (Å²) in [5.74, 6) is 0.0934. The molecule has 0 atom stereocenters. The highest BCUT2D eigenvalue weighted by Gasteiger charge is 2.23. The summed E-state index contributed by atoms with van der Waals surface area (Å²) in [7, 11) is 1.80. The minimum atomic E-state index is -0.484. The molecule has 2 rings (SSSR count). The largest absolute Gasteiger partial charge is 0.476 e. The Kier molecular flexibility index (Phi) is 14.8. The van der Waals surface area contributed by atoms with E-state index in [2.05, 4.69) is 22.0 Å². The number of hydrogen-bond donors (Lipinski definition) is 0. The Morgan fingerprint density at radius 2 is 1.34 bits per heavy atom. The monoisotopic (exact) mass is 506 g/mol. The Balaban J connectivity index is 1.63. The number of unbranched alkanes of at least 4 members (excludes halogenated alkanes) is 14. The molecule has 8 heteroatoms. The molecule has 2 aromatic heterocycles. The lowest BCUT2D eigenvalue weighted by atomic mass is 10.0. The van der Waals surface area contributed by atoms with Gasteiger partial charge in [0.05, 0.1) is 13.2 Å². The highest BCUT2D eigenvalue weighted by Crippen LogP contribution is 2.28. The van der Waals surface area contributed by atoms with E-state index in [1.807, 2.05) is 6.26 Å². The van der Waals surface area contributed by atoms with Crippen molar-refractivity contribution >= 4 is 28.8 Å². The van der Waals surface area contributed by atoms with Crippen molar-refractivity contribution in [1.82, 2.24) is 19.7 Å². The van der Waals surface area contributed by atoms with Gasteiger partial charge in [0.1, 0.15) is 5.52 Å². The topological polar surface area (TPSA) is 79.1 Å². The van der Waals surface area contributed by atoms with Gasteiger partial charge in [0, 0.05) is 7.05 Å². The summed E-state index contributed by atoms with van der Waals surface area (Å²) in [6.45, 7) is 4.95. The van der Waals surface area contributed by atoms with Gasteiger partial charge in [-0.05, 0) is 19.6 Å². The van der Waals surface area contributed by atoms with Crippen LogP contribution < -0.4 is 4.74 Å². The molecule has 0 saturated heterocycles. The van der Waals surface area contributed by atoms with Gasteiger partial charge in [-0.25, -0.2) is 19.4 Å². The molecule has 0 radical (unpaired) electrons. The summed E-state index contributed by atoms with van der Waals surface area (Å²) in [6.07, 6.45) is 21.9. The molecule has 0 aromatic carbocycles. The number of thioether (sulfide) groups is 1. The first-order chi connectivity index (χ1) is 17.1. The fourth-order valence-electron chi connectivity index (χ4n) is 4.26. The molecule has 0 fully saturated rings. The van der Waals surface area contributed by atoms with E-state index >= 15 is 0 Å². The van der Waals surface area contributed by atoms with Crippen LogP contribution in [-0.4, -0.2) is 45.2 Å². The summed E-state index contributed by atoms with van der Waals surface area (Å²) in [6, 6.07) is 0. The molecule has 0 bridgehead atoms. The van der Waals surface area contributed by atoms with Crippen LogP contribution in [0.5, 0.6) is 5.88 Å². The minimum absolute atomic E-state index is 0.193. The maximum absolute atomic E-state index is 12.4. The van der Waals surface area contributed by atoms with Crippen LogP contribution in [0.3, 0.4) is 0 Å². The van der Waals surface area contributed by atoms with Crippen molar-refractivity contribution in [1.29, 1.82) is 0 Å². The van der Waals surface area contributed by atoms with Gasteiger partial charge in [0.2, 0.25) is 5.88 Å². The highest BCUT2D eigenvalue weighted by molar-refractivity contribution is 7.98. The predicted octanol–water partition coefficient (Wildman–Crippen LogP) is 7.51. The van der Waals surface area contributed by atoms with Crippen molar-refractivity contribution in [2.24, 2.45) is 7.05 Å². The third kappa shape index (κ3) is 10.4. The van der Waals surface area contributed by atoms with Crippen LogP contribution in [0.1, 0.15) is 121 Å². The number of esters is 1.